The molecule has 1 saturated heterocycles. The Bertz CT molecular complexity index is 1450. The number of nitriles is 1. The van der Waals surface area contributed by atoms with E-state index in [0.29, 0.717) is 60.0 Å². The SMILES string of the molecule is CCCC1(Nc2ccc(OCC3CCCCN3)c(Cl)c2)c2cc(NC(=O)c3ccccc3)c(OCC)cc2NCC1C#N. The monoisotopic (exact) mass is 601 g/mol. The minimum Gasteiger partial charge on any atom is -0.492 e. The molecule has 2 aliphatic heterocycles. The topological polar surface area (TPSA) is 107 Å². The molecule has 3 aromatic carbocycles. The van der Waals surface area contributed by atoms with Crippen LogP contribution in [-0.2, 0) is 5.54 Å². The third kappa shape index (κ3) is 6.84. The summed E-state index contributed by atoms with van der Waals surface area (Å²) in [5.41, 5.74) is 2.88. The van der Waals surface area contributed by atoms with Crippen molar-refractivity contribution < 1.29 is 14.3 Å². The standard InChI is InChI=1S/C34H40ClN5O3/c1-3-15-34(40-25-13-14-31(28(35)17-25)43-22-26-12-8-9-16-37-26)24(20-36)21-38-29-19-32(42-4-2)30(18-27(29)34)39-33(41)23-10-6-5-7-11-23/h5-7,10-11,13-14,17-19,24,26,37-38,40H,3-4,8-9,12,15-16,21-22H2,1-2H3,(H,39,41). The first-order valence-electron chi connectivity index (χ1n) is 15.2. The number of carbonyl (C=O) groups is 1. The number of anilines is 3. The van der Waals surface area contributed by atoms with Crippen molar-refractivity contribution in [1.29, 1.82) is 5.26 Å². The van der Waals surface area contributed by atoms with Crippen LogP contribution in [0.4, 0.5) is 17.1 Å². The highest BCUT2D eigenvalue weighted by molar-refractivity contribution is 6.32. The van der Waals surface area contributed by atoms with Crippen LogP contribution >= 0.6 is 11.6 Å². The molecule has 5 rings (SSSR count). The zero-order valence-corrected chi connectivity index (χ0v) is 25.6. The predicted molar refractivity (Wildman–Crippen MR) is 172 cm³/mol. The van der Waals surface area contributed by atoms with E-state index in [0.717, 1.165) is 36.3 Å². The van der Waals surface area contributed by atoms with Gasteiger partial charge >= 0.3 is 0 Å². The Morgan fingerprint density at radius 2 is 1.93 bits per heavy atom. The van der Waals surface area contributed by atoms with Gasteiger partial charge in [-0.2, -0.15) is 5.26 Å². The van der Waals surface area contributed by atoms with E-state index in [1.165, 1.54) is 12.8 Å². The molecule has 3 unspecified atom stereocenters. The second-order valence-corrected chi connectivity index (χ2v) is 11.6. The molecule has 0 bridgehead atoms. The highest BCUT2D eigenvalue weighted by atomic mass is 35.5. The van der Waals surface area contributed by atoms with E-state index < -0.39 is 11.5 Å². The van der Waals surface area contributed by atoms with Crippen molar-refractivity contribution in [2.75, 3.05) is 42.3 Å². The summed E-state index contributed by atoms with van der Waals surface area (Å²) >= 11 is 6.73. The van der Waals surface area contributed by atoms with Crippen LogP contribution in [0.1, 0.15) is 61.9 Å². The Balaban J connectivity index is 1.48. The van der Waals surface area contributed by atoms with Crippen LogP contribution < -0.4 is 30.7 Å². The summed E-state index contributed by atoms with van der Waals surface area (Å²) in [5, 5.41) is 24.6. The molecule has 0 radical (unpaired) electrons. The summed E-state index contributed by atoms with van der Waals surface area (Å²) in [5.74, 6) is 0.569. The van der Waals surface area contributed by atoms with Crippen LogP contribution in [-0.4, -0.2) is 38.3 Å². The Kier molecular flexibility index (Phi) is 9.96. The molecule has 3 atom stereocenters. The molecule has 0 saturated carbocycles. The van der Waals surface area contributed by atoms with E-state index in [1.807, 2.05) is 55.5 Å². The molecule has 43 heavy (non-hydrogen) atoms. The molecule has 1 amide bonds. The molecular weight excluding hydrogens is 562 g/mol. The maximum atomic E-state index is 13.2. The molecule has 1 fully saturated rings. The van der Waals surface area contributed by atoms with E-state index >= 15 is 0 Å². The molecule has 8 nitrogen and oxygen atoms in total. The molecule has 9 heteroatoms. The second-order valence-electron chi connectivity index (χ2n) is 11.2. The van der Waals surface area contributed by atoms with Crippen LogP contribution in [0.3, 0.4) is 0 Å². The van der Waals surface area contributed by atoms with Crippen LogP contribution in [0, 0.1) is 17.2 Å². The van der Waals surface area contributed by atoms with Crippen LogP contribution in [0.25, 0.3) is 0 Å². The van der Waals surface area contributed by atoms with Gasteiger partial charge in [0.1, 0.15) is 18.1 Å². The average Bonchev–Trinajstić information content (AvgIpc) is 3.02. The number of hydrogen-bond donors (Lipinski definition) is 4. The third-order valence-corrected chi connectivity index (χ3v) is 8.52. The Morgan fingerprint density at radius 1 is 1.09 bits per heavy atom. The van der Waals surface area contributed by atoms with Gasteiger partial charge in [0, 0.05) is 41.2 Å². The summed E-state index contributed by atoms with van der Waals surface area (Å²) < 4.78 is 12.0. The maximum absolute atomic E-state index is 13.2. The van der Waals surface area contributed by atoms with Gasteiger partial charge in [0.2, 0.25) is 0 Å². The number of benzene rings is 3. The fraction of sp³-hybridized carbons (Fsp3) is 0.412. The highest BCUT2D eigenvalue weighted by Gasteiger charge is 2.45. The van der Waals surface area contributed by atoms with E-state index in [4.69, 9.17) is 21.1 Å². The molecular formula is C34H40ClN5O3. The number of nitrogens with zero attached hydrogens (tertiary/aromatic N) is 1. The predicted octanol–water partition coefficient (Wildman–Crippen LogP) is 7.18. The van der Waals surface area contributed by atoms with Gasteiger partial charge in [0.15, 0.2) is 0 Å². The van der Waals surface area contributed by atoms with E-state index in [2.05, 4.69) is 34.3 Å². The quantitative estimate of drug-likeness (QED) is 0.184. The van der Waals surface area contributed by atoms with Gasteiger partial charge in [0.25, 0.3) is 5.91 Å². The summed E-state index contributed by atoms with van der Waals surface area (Å²) in [6, 6.07) is 21.5. The van der Waals surface area contributed by atoms with Crippen molar-refractivity contribution in [3.8, 4) is 17.6 Å². The first-order valence-corrected chi connectivity index (χ1v) is 15.6. The molecule has 0 aromatic heterocycles. The van der Waals surface area contributed by atoms with Crippen molar-refractivity contribution in [3.05, 3.63) is 76.8 Å². The molecule has 0 aliphatic carbocycles. The Morgan fingerprint density at radius 3 is 2.63 bits per heavy atom. The molecule has 2 aliphatic rings. The average molecular weight is 602 g/mol. The van der Waals surface area contributed by atoms with Crippen molar-refractivity contribution in [2.24, 2.45) is 5.92 Å². The van der Waals surface area contributed by atoms with E-state index in [9.17, 15) is 10.1 Å². The van der Waals surface area contributed by atoms with Gasteiger partial charge in [0.05, 0.1) is 34.8 Å². The molecule has 226 valence electrons. The van der Waals surface area contributed by atoms with Crippen LogP contribution in [0.15, 0.2) is 60.7 Å². The first-order chi connectivity index (χ1) is 21.0. The van der Waals surface area contributed by atoms with E-state index in [1.54, 1.807) is 12.1 Å². The molecule has 4 N–H and O–H groups in total. The van der Waals surface area contributed by atoms with Gasteiger partial charge in [-0.3, -0.25) is 4.79 Å². The number of halogens is 1. The summed E-state index contributed by atoms with van der Waals surface area (Å²) in [4.78, 5) is 13.2. The van der Waals surface area contributed by atoms with Gasteiger partial charge < -0.3 is 30.7 Å². The summed E-state index contributed by atoms with van der Waals surface area (Å²) in [6.07, 6.45) is 5.01. The van der Waals surface area contributed by atoms with Crippen LogP contribution in [0.2, 0.25) is 5.02 Å². The molecule has 0 spiro atoms. The van der Waals surface area contributed by atoms with Crippen LogP contribution in [0.5, 0.6) is 11.5 Å². The largest absolute Gasteiger partial charge is 0.492 e. The first kappa shape index (κ1) is 30.5. The summed E-state index contributed by atoms with van der Waals surface area (Å²) in [7, 11) is 0. The van der Waals surface area contributed by atoms with E-state index in [-0.39, 0.29) is 5.91 Å². The van der Waals surface area contributed by atoms with Gasteiger partial charge in [-0.1, -0.05) is 49.6 Å². The number of piperidine rings is 1. The van der Waals surface area contributed by atoms with Gasteiger partial charge in [-0.05, 0) is 69.1 Å². The number of amides is 1. The molecule has 3 aromatic rings. The molecule has 2 heterocycles. The van der Waals surface area contributed by atoms with Crippen molar-refractivity contribution in [2.45, 2.75) is 57.5 Å². The zero-order valence-electron chi connectivity index (χ0n) is 24.8. The number of rotatable bonds is 11. The normalized spacial score (nSPS) is 21.1. The third-order valence-electron chi connectivity index (χ3n) is 8.23. The number of hydrogen-bond acceptors (Lipinski definition) is 7. The van der Waals surface area contributed by atoms with Crippen molar-refractivity contribution >= 4 is 34.6 Å². The van der Waals surface area contributed by atoms with Gasteiger partial charge in [-0.15, -0.1) is 0 Å². The Hall–Kier alpha value is -3.93. The smallest absolute Gasteiger partial charge is 0.255 e. The van der Waals surface area contributed by atoms with Gasteiger partial charge in [-0.25, -0.2) is 0 Å². The lowest BCUT2D eigenvalue weighted by Crippen LogP contribution is -2.48. The van der Waals surface area contributed by atoms with Crippen molar-refractivity contribution in [3.63, 3.8) is 0 Å². The summed E-state index contributed by atoms with van der Waals surface area (Å²) in [6.45, 7) is 6.51. The maximum Gasteiger partial charge on any atom is 0.255 e. The fourth-order valence-electron chi connectivity index (χ4n) is 6.11. The minimum atomic E-state index is -0.751. The number of fused-ring (bicyclic) bond motifs is 1. The zero-order chi connectivity index (χ0) is 30.2. The number of ether oxygens (including phenoxy) is 2. The lowest BCUT2D eigenvalue weighted by Gasteiger charge is -2.45. The minimum absolute atomic E-state index is 0.234. The second kappa shape index (κ2) is 14.0. The lowest BCUT2D eigenvalue weighted by atomic mass is 9.72. The number of carbonyl (C=O) groups excluding carboxylic acids is 1. The van der Waals surface area contributed by atoms with Crippen molar-refractivity contribution in [1.82, 2.24) is 5.32 Å². The highest BCUT2D eigenvalue weighted by Crippen LogP contribution is 2.48. The number of nitrogens with one attached hydrogen (secondary N) is 4. The fourth-order valence-corrected chi connectivity index (χ4v) is 6.35. The lowest BCUT2D eigenvalue weighted by molar-refractivity contribution is 0.102. The Labute approximate surface area is 259 Å².